The summed E-state index contributed by atoms with van der Waals surface area (Å²) in [6.07, 6.45) is 1.80. The van der Waals surface area contributed by atoms with E-state index in [9.17, 15) is 9.18 Å². The number of carbonyl (C=O) groups excluding carboxylic acids is 1. The number of rotatable bonds is 1. The molecule has 0 aromatic heterocycles. The molecule has 19 heavy (non-hydrogen) atoms. The molecular formula is C14H17FN2O2. The summed E-state index contributed by atoms with van der Waals surface area (Å²) >= 11 is 0. The highest BCUT2D eigenvalue weighted by atomic mass is 19.1. The SMILES string of the molecule is NC1(C(=O)N2CCc3ccc(F)cc32)CCOCC1. The van der Waals surface area contributed by atoms with Gasteiger partial charge in [-0.15, -0.1) is 0 Å². The molecule has 1 saturated heterocycles. The van der Waals surface area contributed by atoms with Crippen LogP contribution >= 0.6 is 0 Å². The first-order chi connectivity index (χ1) is 9.10. The Kier molecular flexibility index (Phi) is 3.03. The summed E-state index contributed by atoms with van der Waals surface area (Å²) in [7, 11) is 0. The molecule has 2 N–H and O–H groups in total. The summed E-state index contributed by atoms with van der Waals surface area (Å²) in [5.41, 5.74) is 7.02. The van der Waals surface area contributed by atoms with E-state index in [-0.39, 0.29) is 11.7 Å². The van der Waals surface area contributed by atoms with Crippen molar-refractivity contribution in [2.45, 2.75) is 24.8 Å². The number of ether oxygens (including phenoxy) is 1. The topological polar surface area (TPSA) is 55.6 Å². The molecule has 4 nitrogen and oxygen atoms in total. The van der Waals surface area contributed by atoms with Crippen molar-refractivity contribution >= 4 is 11.6 Å². The molecule has 2 aliphatic heterocycles. The molecule has 0 aliphatic carbocycles. The lowest BCUT2D eigenvalue weighted by molar-refractivity contribution is -0.126. The largest absolute Gasteiger partial charge is 0.381 e. The van der Waals surface area contributed by atoms with Gasteiger partial charge in [-0.2, -0.15) is 0 Å². The van der Waals surface area contributed by atoms with E-state index in [2.05, 4.69) is 0 Å². The lowest BCUT2D eigenvalue weighted by Gasteiger charge is -2.35. The average molecular weight is 264 g/mol. The third-order valence-corrected chi connectivity index (χ3v) is 4.00. The van der Waals surface area contributed by atoms with E-state index < -0.39 is 5.54 Å². The van der Waals surface area contributed by atoms with E-state index in [1.807, 2.05) is 0 Å². The number of fused-ring (bicyclic) bond motifs is 1. The number of anilines is 1. The zero-order valence-electron chi connectivity index (χ0n) is 10.7. The van der Waals surface area contributed by atoms with Crippen LogP contribution in [0.1, 0.15) is 18.4 Å². The molecular weight excluding hydrogens is 247 g/mol. The highest BCUT2D eigenvalue weighted by molar-refractivity contribution is 6.01. The van der Waals surface area contributed by atoms with Gasteiger partial charge in [-0.1, -0.05) is 6.07 Å². The van der Waals surface area contributed by atoms with Gasteiger partial charge in [0.15, 0.2) is 0 Å². The summed E-state index contributed by atoms with van der Waals surface area (Å²) in [6, 6.07) is 4.59. The van der Waals surface area contributed by atoms with Gasteiger partial charge in [-0.25, -0.2) is 4.39 Å². The summed E-state index contributed by atoms with van der Waals surface area (Å²) in [5.74, 6) is -0.434. The summed E-state index contributed by atoms with van der Waals surface area (Å²) in [6.45, 7) is 1.59. The number of benzene rings is 1. The molecule has 0 spiro atoms. The van der Waals surface area contributed by atoms with Gasteiger partial charge in [-0.05, 0) is 37.0 Å². The first-order valence-corrected chi connectivity index (χ1v) is 6.57. The van der Waals surface area contributed by atoms with Crippen molar-refractivity contribution in [2.24, 2.45) is 5.73 Å². The van der Waals surface area contributed by atoms with Crippen LogP contribution in [-0.4, -0.2) is 31.2 Å². The van der Waals surface area contributed by atoms with Crippen molar-refractivity contribution in [1.29, 1.82) is 0 Å². The number of amides is 1. The number of hydrogen-bond donors (Lipinski definition) is 1. The van der Waals surface area contributed by atoms with Gasteiger partial charge in [0.2, 0.25) is 5.91 Å². The Morgan fingerprint density at radius 2 is 2.11 bits per heavy atom. The maximum absolute atomic E-state index is 13.3. The smallest absolute Gasteiger partial charge is 0.247 e. The fourth-order valence-electron chi connectivity index (χ4n) is 2.78. The Bertz CT molecular complexity index is 512. The maximum atomic E-state index is 13.3. The summed E-state index contributed by atoms with van der Waals surface area (Å²) in [5, 5.41) is 0. The van der Waals surface area contributed by atoms with Crippen LogP contribution in [-0.2, 0) is 16.0 Å². The number of nitrogens with zero attached hydrogens (tertiary/aromatic N) is 1. The molecule has 5 heteroatoms. The number of nitrogens with two attached hydrogens (primary N) is 1. The standard InChI is InChI=1S/C14H17FN2O2/c15-11-2-1-10-3-6-17(12(10)9-11)13(18)14(16)4-7-19-8-5-14/h1-2,9H,3-8,16H2. The van der Waals surface area contributed by atoms with Crippen LogP contribution in [0.2, 0.25) is 0 Å². The van der Waals surface area contributed by atoms with E-state index >= 15 is 0 Å². The van der Waals surface area contributed by atoms with E-state index in [1.54, 1.807) is 11.0 Å². The van der Waals surface area contributed by atoms with Crippen molar-refractivity contribution < 1.29 is 13.9 Å². The minimum Gasteiger partial charge on any atom is -0.381 e. The molecule has 0 saturated carbocycles. The number of halogens is 1. The minimum absolute atomic E-state index is 0.111. The Morgan fingerprint density at radius 1 is 1.37 bits per heavy atom. The molecule has 102 valence electrons. The van der Waals surface area contributed by atoms with Crippen molar-refractivity contribution in [3.05, 3.63) is 29.6 Å². The van der Waals surface area contributed by atoms with Crippen molar-refractivity contribution in [3.63, 3.8) is 0 Å². The Balaban J connectivity index is 1.88. The first-order valence-electron chi connectivity index (χ1n) is 6.57. The molecule has 0 radical (unpaired) electrons. The summed E-state index contributed by atoms with van der Waals surface area (Å²) in [4.78, 5) is 14.2. The average Bonchev–Trinajstić information content (AvgIpc) is 2.81. The molecule has 0 bridgehead atoms. The Hall–Kier alpha value is -1.46. The van der Waals surface area contributed by atoms with E-state index in [4.69, 9.17) is 10.5 Å². The zero-order valence-corrected chi connectivity index (χ0v) is 10.7. The van der Waals surface area contributed by atoms with Crippen LogP contribution in [0, 0.1) is 5.82 Å². The van der Waals surface area contributed by atoms with Gasteiger partial charge in [0, 0.05) is 25.4 Å². The molecule has 2 aliphatic rings. The second-order valence-corrected chi connectivity index (χ2v) is 5.25. The summed E-state index contributed by atoms with van der Waals surface area (Å²) < 4.78 is 18.6. The molecule has 0 atom stereocenters. The molecule has 0 unspecified atom stereocenters. The quantitative estimate of drug-likeness (QED) is 0.830. The van der Waals surface area contributed by atoms with Gasteiger partial charge in [0.25, 0.3) is 0 Å². The lowest BCUT2D eigenvalue weighted by Crippen LogP contribution is -2.58. The molecule has 1 aromatic rings. The van der Waals surface area contributed by atoms with E-state index in [1.165, 1.54) is 12.1 Å². The van der Waals surface area contributed by atoms with E-state index in [0.29, 0.717) is 38.3 Å². The highest BCUT2D eigenvalue weighted by Gasteiger charge is 2.41. The van der Waals surface area contributed by atoms with Crippen LogP contribution in [0.15, 0.2) is 18.2 Å². The Labute approximate surface area is 111 Å². The van der Waals surface area contributed by atoms with Crippen LogP contribution in [0.3, 0.4) is 0 Å². The monoisotopic (exact) mass is 264 g/mol. The van der Waals surface area contributed by atoms with Gasteiger partial charge in [0.1, 0.15) is 11.4 Å². The molecule has 1 aromatic carbocycles. The minimum atomic E-state index is -0.869. The third-order valence-electron chi connectivity index (χ3n) is 4.00. The normalized spacial score (nSPS) is 21.3. The van der Waals surface area contributed by atoms with Crippen molar-refractivity contribution in [3.8, 4) is 0 Å². The number of carbonyl (C=O) groups is 1. The van der Waals surface area contributed by atoms with Crippen molar-refractivity contribution in [2.75, 3.05) is 24.7 Å². The predicted molar refractivity (Wildman–Crippen MR) is 69.4 cm³/mol. The zero-order chi connectivity index (χ0) is 13.5. The number of hydrogen-bond acceptors (Lipinski definition) is 3. The van der Waals surface area contributed by atoms with Gasteiger partial charge in [-0.3, -0.25) is 4.79 Å². The van der Waals surface area contributed by atoms with Crippen LogP contribution in [0.5, 0.6) is 0 Å². The van der Waals surface area contributed by atoms with Crippen LogP contribution in [0.4, 0.5) is 10.1 Å². The van der Waals surface area contributed by atoms with Gasteiger partial charge < -0.3 is 15.4 Å². The van der Waals surface area contributed by atoms with Gasteiger partial charge >= 0.3 is 0 Å². The molecule has 1 amide bonds. The van der Waals surface area contributed by atoms with Gasteiger partial charge in [0.05, 0.1) is 0 Å². The second kappa shape index (κ2) is 4.58. The highest BCUT2D eigenvalue weighted by Crippen LogP contribution is 2.32. The fourth-order valence-corrected chi connectivity index (χ4v) is 2.78. The molecule has 2 heterocycles. The van der Waals surface area contributed by atoms with E-state index in [0.717, 1.165) is 12.0 Å². The third kappa shape index (κ3) is 2.13. The predicted octanol–water partition coefficient (Wildman–Crippen LogP) is 1.22. The Morgan fingerprint density at radius 3 is 2.84 bits per heavy atom. The van der Waals surface area contributed by atoms with Crippen molar-refractivity contribution in [1.82, 2.24) is 0 Å². The van der Waals surface area contributed by atoms with Crippen LogP contribution < -0.4 is 10.6 Å². The second-order valence-electron chi connectivity index (χ2n) is 5.25. The van der Waals surface area contributed by atoms with Crippen LogP contribution in [0.25, 0.3) is 0 Å². The molecule has 1 fully saturated rings. The maximum Gasteiger partial charge on any atom is 0.247 e. The lowest BCUT2D eigenvalue weighted by atomic mass is 9.89. The first kappa shape index (κ1) is 12.6. The molecule has 3 rings (SSSR count). The fraction of sp³-hybridized carbons (Fsp3) is 0.500.